The molecule has 0 aliphatic carbocycles. The van der Waals surface area contributed by atoms with E-state index in [1.54, 1.807) is 17.2 Å². The van der Waals surface area contributed by atoms with Gasteiger partial charge in [0.15, 0.2) is 5.82 Å². The van der Waals surface area contributed by atoms with Gasteiger partial charge < -0.3 is 19.4 Å². The first-order chi connectivity index (χ1) is 24.7. The first kappa shape index (κ1) is 32.9. The highest BCUT2D eigenvalue weighted by Crippen LogP contribution is 2.43. The molecule has 1 N–H and O–H groups in total. The number of benzene rings is 2. The predicted octanol–water partition coefficient (Wildman–Crippen LogP) is 4.38. The Hall–Kier alpha value is -5.30. The molecule has 3 aromatic heterocycles. The summed E-state index contributed by atoms with van der Waals surface area (Å²) in [4.78, 5) is 44.9. The van der Waals surface area contributed by atoms with Gasteiger partial charge in [-0.15, -0.1) is 0 Å². The lowest BCUT2D eigenvalue weighted by molar-refractivity contribution is -0.136. The summed E-state index contributed by atoms with van der Waals surface area (Å²) in [5, 5.41) is 13.0. The molecular formula is C38H44N10O3. The maximum absolute atomic E-state index is 14.2. The number of carbonyl (C=O) groups is 2. The van der Waals surface area contributed by atoms with Gasteiger partial charge in [-0.2, -0.15) is 10.2 Å². The van der Waals surface area contributed by atoms with Crippen molar-refractivity contribution >= 4 is 34.1 Å². The molecule has 13 nitrogen and oxygen atoms in total. The van der Waals surface area contributed by atoms with Gasteiger partial charge in [-0.1, -0.05) is 0 Å². The summed E-state index contributed by atoms with van der Waals surface area (Å²) in [6, 6.07) is 18.2. The first-order valence-electron chi connectivity index (χ1n) is 17.9. The summed E-state index contributed by atoms with van der Waals surface area (Å²) < 4.78 is 7.41. The Balaban J connectivity index is 0.885. The van der Waals surface area contributed by atoms with Gasteiger partial charge in [0, 0.05) is 86.5 Å². The second kappa shape index (κ2) is 13.4. The first-order valence-corrected chi connectivity index (χ1v) is 17.9. The lowest BCUT2D eigenvalue weighted by Gasteiger charge is -2.40. The number of hydrogen-bond donors (Lipinski definition) is 1. The van der Waals surface area contributed by atoms with Crippen LogP contribution in [0.2, 0.25) is 0 Å². The molecule has 0 saturated carbocycles. The second-order valence-corrected chi connectivity index (χ2v) is 14.3. The molecule has 0 unspecified atom stereocenters. The number of aromatic amines is 1. The molecule has 2 aromatic carbocycles. The molecule has 6 heterocycles. The fourth-order valence-corrected chi connectivity index (χ4v) is 7.83. The predicted molar refractivity (Wildman–Crippen MR) is 195 cm³/mol. The Labute approximate surface area is 297 Å². The summed E-state index contributed by atoms with van der Waals surface area (Å²) in [6.07, 6.45) is 6.04. The monoisotopic (exact) mass is 688 g/mol. The van der Waals surface area contributed by atoms with E-state index < -0.39 is 5.41 Å². The van der Waals surface area contributed by atoms with E-state index in [1.165, 1.54) is 0 Å². The van der Waals surface area contributed by atoms with Crippen LogP contribution in [0.5, 0.6) is 5.88 Å². The normalized spacial score (nSPS) is 19.9. The molecule has 1 spiro atoms. The number of piperidine rings is 1. The van der Waals surface area contributed by atoms with Gasteiger partial charge in [0.25, 0.3) is 0 Å². The van der Waals surface area contributed by atoms with Gasteiger partial charge in [0.2, 0.25) is 17.7 Å². The number of ether oxygens (including phenoxy) is 1. The van der Waals surface area contributed by atoms with E-state index in [0.29, 0.717) is 44.4 Å². The van der Waals surface area contributed by atoms with Gasteiger partial charge in [-0.05, 0) is 88.2 Å². The Bertz CT molecular complexity index is 2030. The van der Waals surface area contributed by atoms with Crippen molar-refractivity contribution in [2.24, 2.45) is 12.5 Å². The topological polar surface area (TPSA) is 129 Å². The second-order valence-electron chi connectivity index (χ2n) is 14.3. The van der Waals surface area contributed by atoms with Crippen LogP contribution >= 0.6 is 0 Å². The third kappa shape index (κ3) is 6.53. The summed E-state index contributed by atoms with van der Waals surface area (Å²) >= 11 is 0. The van der Waals surface area contributed by atoms with Crippen LogP contribution in [0.1, 0.15) is 33.1 Å². The van der Waals surface area contributed by atoms with Gasteiger partial charge in [-0.3, -0.25) is 24.3 Å². The summed E-state index contributed by atoms with van der Waals surface area (Å²) in [6.45, 7) is 9.31. The summed E-state index contributed by atoms with van der Waals surface area (Å²) in [7, 11) is 1.86. The van der Waals surface area contributed by atoms with Crippen molar-refractivity contribution in [2.45, 2.75) is 39.2 Å². The van der Waals surface area contributed by atoms with Crippen LogP contribution in [0.3, 0.4) is 0 Å². The molecule has 8 rings (SSSR count). The van der Waals surface area contributed by atoms with Crippen LogP contribution in [-0.2, 0) is 16.6 Å². The van der Waals surface area contributed by atoms with Crippen molar-refractivity contribution in [1.29, 1.82) is 0 Å². The zero-order valence-electron chi connectivity index (χ0n) is 29.5. The number of nitrogens with one attached hydrogen (secondary N) is 1. The SMILES string of the molecule is CC(C)Oc1ccc(-c2n[nH]c3ccc(N4CC[C@]5(CCCN(CC(=O)N6CCN(c7ccc(-c8ncn(C)n8)cc7)CC6)C5)C4=O)cc23)cn1. The van der Waals surface area contributed by atoms with Crippen LogP contribution < -0.4 is 14.5 Å². The van der Waals surface area contributed by atoms with Crippen molar-refractivity contribution in [3.8, 4) is 28.5 Å². The van der Waals surface area contributed by atoms with Crippen molar-refractivity contribution in [1.82, 2.24) is 39.7 Å². The minimum atomic E-state index is -0.474. The minimum absolute atomic E-state index is 0.0453. The van der Waals surface area contributed by atoms with Gasteiger partial charge >= 0.3 is 0 Å². The quantitative estimate of drug-likeness (QED) is 0.253. The number of fused-ring (bicyclic) bond motifs is 1. The molecule has 0 radical (unpaired) electrons. The number of aromatic nitrogens is 6. The smallest absolute Gasteiger partial charge is 0.236 e. The third-order valence-electron chi connectivity index (χ3n) is 10.5. The molecule has 13 heteroatoms. The number of likely N-dealkylation sites (tertiary alicyclic amines) is 1. The molecule has 3 saturated heterocycles. The fraction of sp³-hybridized carbons (Fsp3) is 0.421. The standard InChI is InChI=1S/C38H44N10O3/c1-26(2)51-33-12-7-28(22-39-33)35-31-21-30(10-11-32(31)41-42-35)48-16-14-38(37(48)50)13-4-15-45(24-38)23-34(49)47-19-17-46(18-20-47)29-8-5-27(6-9-29)36-40-25-44(3)43-36/h5-12,21-22,25-26H,4,13-20,23-24H2,1-3H3,(H,41,42)/t38-/m0/s1. The molecule has 5 aromatic rings. The van der Waals surface area contributed by atoms with Crippen LogP contribution in [0.25, 0.3) is 33.5 Å². The molecular weight excluding hydrogens is 644 g/mol. The molecule has 1 atom stereocenters. The molecule has 3 fully saturated rings. The van der Waals surface area contributed by atoms with Gasteiger partial charge in [-0.25, -0.2) is 9.97 Å². The third-order valence-corrected chi connectivity index (χ3v) is 10.5. The molecule has 2 amide bonds. The van der Waals surface area contributed by atoms with E-state index in [4.69, 9.17) is 4.74 Å². The van der Waals surface area contributed by atoms with Crippen LogP contribution in [0.15, 0.2) is 67.1 Å². The summed E-state index contributed by atoms with van der Waals surface area (Å²) in [5.41, 5.74) is 5.08. The number of carbonyl (C=O) groups excluding carboxylic acids is 2. The highest BCUT2D eigenvalue weighted by Gasteiger charge is 2.49. The number of nitrogens with zero attached hydrogens (tertiary/aromatic N) is 9. The number of anilines is 2. The molecule has 0 bridgehead atoms. The van der Waals surface area contributed by atoms with E-state index in [2.05, 4.69) is 53.3 Å². The molecule has 264 valence electrons. The number of H-pyrrole nitrogens is 1. The highest BCUT2D eigenvalue weighted by molar-refractivity contribution is 6.03. The van der Waals surface area contributed by atoms with E-state index in [0.717, 1.165) is 78.0 Å². The lowest BCUT2D eigenvalue weighted by Crippen LogP contribution is -2.54. The number of rotatable bonds is 8. The Kier molecular flexibility index (Phi) is 8.66. The van der Waals surface area contributed by atoms with E-state index >= 15 is 0 Å². The molecule has 3 aliphatic heterocycles. The van der Waals surface area contributed by atoms with Crippen LogP contribution in [0.4, 0.5) is 11.4 Å². The lowest BCUT2D eigenvalue weighted by atomic mass is 9.78. The Morgan fingerprint density at radius 2 is 1.71 bits per heavy atom. The van der Waals surface area contributed by atoms with E-state index in [9.17, 15) is 9.59 Å². The van der Waals surface area contributed by atoms with Gasteiger partial charge in [0.05, 0.1) is 23.6 Å². The van der Waals surface area contributed by atoms with E-state index in [1.807, 2.05) is 67.1 Å². The van der Waals surface area contributed by atoms with Gasteiger partial charge in [0.1, 0.15) is 12.0 Å². The zero-order chi connectivity index (χ0) is 35.1. The number of hydrogen-bond acceptors (Lipinski definition) is 9. The maximum atomic E-state index is 14.2. The van der Waals surface area contributed by atoms with Crippen molar-refractivity contribution in [2.75, 3.05) is 62.2 Å². The average molecular weight is 689 g/mol. The average Bonchev–Trinajstić information content (AvgIpc) is 3.85. The zero-order valence-corrected chi connectivity index (χ0v) is 29.5. The number of pyridine rings is 1. The highest BCUT2D eigenvalue weighted by atomic mass is 16.5. The van der Waals surface area contributed by atoms with Crippen molar-refractivity contribution in [3.63, 3.8) is 0 Å². The van der Waals surface area contributed by atoms with E-state index in [-0.39, 0.29) is 17.9 Å². The minimum Gasteiger partial charge on any atom is -0.475 e. The largest absolute Gasteiger partial charge is 0.475 e. The van der Waals surface area contributed by atoms with Crippen LogP contribution in [0, 0.1) is 5.41 Å². The Morgan fingerprint density at radius 1 is 0.922 bits per heavy atom. The number of piperazine rings is 1. The fourth-order valence-electron chi connectivity index (χ4n) is 7.83. The van der Waals surface area contributed by atoms with Crippen molar-refractivity contribution in [3.05, 3.63) is 67.1 Å². The number of amides is 2. The molecule has 51 heavy (non-hydrogen) atoms. The number of aryl methyl sites for hydroxylation is 1. The molecule has 3 aliphatic rings. The maximum Gasteiger partial charge on any atom is 0.236 e. The Morgan fingerprint density at radius 3 is 2.43 bits per heavy atom. The van der Waals surface area contributed by atoms with Crippen LogP contribution in [-0.4, -0.2) is 110 Å². The van der Waals surface area contributed by atoms with Crippen molar-refractivity contribution < 1.29 is 14.3 Å². The summed E-state index contributed by atoms with van der Waals surface area (Å²) in [5.74, 6) is 1.58.